The standard InChI is InChI=1S/C22H19ClN2O3/c1-15-7-8-18(13-20(15)23)25-22(27)21(26)24-17-9-11-19(12-10-17)28-14-16-5-3-2-4-6-16/h2-13H,14H2,1H3,(H,24,26)(H,25,27). The van der Waals surface area contributed by atoms with E-state index in [0.717, 1.165) is 11.1 Å². The molecule has 0 heterocycles. The van der Waals surface area contributed by atoms with Crippen LogP contribution < -0.4 is 15.4 Å². The minimum atomic E-state index is -0.774. The fraction of sp³-hybridized carbons (Fsp3) is 0.0909. The van der Waals surface area contributed by atoms with Gasteiger partial charge in [0.15, 0.2) is 0 Å². The van der Waals surface area contributed by atoms with E-state index in [1.54, 1.807) is 42.5 Å². The fourth-order valence-corrected chi connectivity index (χ4v) is 2.60. The molecule has 0 spiro atoms. The van der Waals surface area contributed by atoms with Crippen LogP contribution in [0.1, 0.15) is 11.1 Å². The number of benzene rings is 3. The molecule has 2 N–H and O–H groups in total. The van der Waals surface area contributed by atoms with Gasteiger partial charge in [-0.2, -0.15) is 0 Å². The lowest BCUT2D eigenvalue weighted by Crippen LogP contribution is -2.29. The Hall–Kier alpha value is -3.31. The Morgan fingerprint density at radius 3 is 2.11 bits per heavy atom. The van der Waals surface area contributed by atoms with Gasteiger partial charge in [-0.15, -0.1) is 0 Å². The molecule has 0 unspecified atom stereocenters. The molecule has 0 saturated heterocycles. The number of carbonyl (C=O) groups excluding carboxylic acids is 2. The zero-order chi connectivity index (χ0) is 19.9. The Morgan fingerprint density at radius 2 is 1.46 bits per heavy atom. The van der Waals surface area contributed by atoms with Gasteiger partial charge in [0.05, 0.1) is 0 Å². The highest BCUT2D eigenvalue weighted by atomic mass is 35.5. The summed E-state index contributed by atoms with van der Waals surface area (Å²) in [7, 11) is 0. The van der Waals surface area contributed by atoms with E-state index in [4.69, 9.17) is 16.3 Å². The average molecular weight is 395 g/mol. The Morgan fingerprint density at radius 1 is 0.857 bits per heavy atom. The van der Waals surface area contributed by atoms with Crippen molar-refractivity contribution in [3.63, 3.8) is 0 Å². The van der Waals surface area contributed by atoms with Crippen molar-refractivity contribution in [1.29, 1.82) is 0 Å². The third-order valence-corrected chi connectivity index (χ3v) is 4.40. The van der Waals surface area contributed by atoms with Crippen LogP contribution in [-0.4, -0.2) is 11.8 Å². The van der Waals surface area contributed by atoms with Crippen LogP contribution in [0, 0.1) is 6.92 Å². The minimum Gasteiger partial charge on any atom is -0.489 e. The maximum absolute atomic E-state index is 12.1. The number of anilines is 2. The van der Waals surface area contributed by atoms with Crippen molar-refractivity contribution in [2.24, 2.45) is 0 Å². The van der Waals surface area contributed by atoms with Crippen LogP contribution in [0.2, 0.25) is 5.02 Å². The highest BCUT2D eigenvalue weighted by Crippen LogP contribution is 2.20. The van der Waals surface area contributed by atoms with E-state index >= 15 is 0 Å². The smallest absolute Gasteiger partial charge is 0.314 e. The molecule has 0 saturated carbocycles. The highest BCUT2D eigenvalue weighted by Gasteiger charge is 2.14. The second-order valence-corrected chi connectivity index (χ2v) is 6.58. The molecular formula is C22H19ClN2O3. The molecule has 28 heavy (non-hydrogen) atoms. The molecule has 0 aliphatic rings. The third-order valence-electron chi connectivity index (χ3n) is 4.00. The van der Waals surface area contributed by atoms with Crippen LogP contribution in [0.15, 0.2) is 72.8 Å². The maximum Gasteiger partial charge on any atom is 0.314 e. The van der Waals surface area contributed by atoms with Gasteiger partial charge in [-0.3, -0.25) is 9.59 Å². The number of amides is 2. The van der Waals surface area contributed by atoms with Crippen molar-refractivity contribution in [3.05, 3.63) is 88.9 Å². The van der Waals surface area contributed by atoms with Gasteiger partial charge in [0.2, 0.25) is 0 Å². The summed E-state index contributed by atoms with van der Waals surface area (Å²) >= 11 is 6.02. The molecule has 0 aromatic heterocycles. The number of nitrogens with one attached hydrogen (secondary N) is 2. The van der Waals surface area contributed by atoms with Gasteiger partial charge in [0, 0.05) is 16.4 Å². The number of rotatable bonds is 5. The second-order valence-electron chi connectivity index (χ2n) is 6.17. The van der Waals surface area contributed by atoms with Gasteiger partial charge in [0.25, 0.3) is 0 Å². The first kappa shape index (κ1) is 19.5. The molecule has 0 atom stereocenters. The Bertz CT molecular complexity index is 973. The zero-order valence-corrected chi connectivity index (χ0v) is 16.0. The maximum atomic E-state index is 12.1. The van der Waals surface area contributed by atoms with Crippen LogP contribution in [0.4, 0.5) is 11.4 Å². The summed E-state index contributed by atoms with van der Waals surface area (Å²) in [6.45, 7) is 2.31. The molecule has 0 radical (unpaired) electrons. The Balaban J connectivity index is 1.53. The largest absolute Gasteiger partial charge is 0.489 e. The summed E-state index contributed by atoms with van der Waals surface area (Å²) in [4.78, 5) is 24.1. The van der Waals surface area contributed by atoms with Crippen molar-refractivity contribution in [3.8, 4) is 5.75 Å². The molecule has 3 rings (SSSR count). The van der Waals surface area contributed by atoms with E-state index in [9.17, 15) is 9.59 Å². The summed E-state index contributed by atoms with van der Waals surface area (Å²) in [5, 5.41) is 5.59. The SMILES string of the molecule is Cc1ccc(NC(=O)C(=O)Nc2ccc(OCc3ccccc3)cc2)cc1Cl. The first-order chi connectivity index (χ1) is 13.5. The topological polar surface area (TPSA) is 67.4 Å². The van der Waals surface area contributed by atoms with Crippen molar-refractivity contribution >= 4 is 34.8 Å². The molecular weight excluding hydrogens is 376 g/mol. The van der Waals surface area contributed by atoms with E-state index < -0.39 is 11.8 Å². The van der Waals surface area contributed by atoms with Gasteiger partial charge in [-0.25, -0.2) is 0 Å². The molecule has 142 valence electrons. The van der Waals surface area contributed by atoms with E-state index in [1.807, 2.05) is 37.3 Å². The lowest BCUT2D eigenvalue weighted by Gasteiger charge is -2.09. The van der Waals surface area contributed by atoms with Crippen LogP contribution >= 0.6 is 11.6 Å². The van der Waals surface area contributed by atoms with Gasteiger partial charge in [-0.1, -0.05) is 48.0 Å². The lowest BCUT2D eigenvalue weighted by atomic mass is 10.2. The average Bonchev–Trinajstić information content (AvgIpc) is 2.71. The number of ether oxygens (including phenoxy) is 1. The van der Waals surface area contributed by atoms with Crippen LogP contribution in [-0.2, 0) is 16.2 Å². The molecule has 5 nitrogen and oxygen atoms in total. The quantitative estimate of drug-likeness (QED) is 0.610. The van der Waals surface area contributed by atoms with E-state index in [2.05, 4.69) is 10.6 Å². The third kappa shape index (κ3) is 5.34. The minimum absolute atomic E-state index is 0.452. The predicted molar refractivity (Wildman–Crippen MR) is 111 cm³/mol. The van der Waals surface area contributed by atoms with Gasteiger partial charge in [0.1, 0.15) is 12.4 Å². The number of halogens is 1. The number of aryl methyl sites for hydroxylation is 1. The van der Waals surface area contributed by atoms with Crippen molar-refractivity contribution in [2.75, 3.05) is 10.6 Å². The van der Waals surface area contributed by atoms with Crippen molar-refractivity contribution < 1.29 is 14.3 Å². The highest BCUT2D eigenvalue weighted by molar-refractivity contribution is 6.43. The van der Waals surface area contributed by atoms with Gasteiger partial charge < -0.3 is 15.4 Å². The summed E-state index contributed by atoms with van der Waals surface area (Å²) in [6, 6.07) is 21.7. The molecule has 3 aromatic rings. The number of hydrogen-bond donors (Lipinski definition) is 2. The first-order valence-electron chi connectivity index (χ1n) is 8.66. The van der Waals surface area contributed by atoms with Crippen LogP contribution in [0.25, 0.3) is 0 Å². The number of hydrogen-bond acceptors (Lipinski definition) is 3. The summed E-state index contributed by atoms with van der Waals surface area (Å²) in [5.74, 6) is -0.875. The molecule has 6 heteroatoms. The molecule has 0 aliphatic heterocycles. The van der Waals surface area contributed by atoms with Crippen LogP contribution in [0.5, 0.6) is 5.75 Å². The Labute approximate surface area is 168 Å². The molecule has 0 fully saturated rings. The van der Waals surface area contributed by atoms with E-state index in [1.165, 1.54) is 0 Å². The van der Waals surface area contributed by atoms with Crippen molar-refractivity contribution in [1.82, 2.24) is 0 Å². The molecule has 2 amide bonds. The number of carbonyl (C=O) groups is 2. The summed E-state index contributed by atoms with van der Waals surface area (Å²) in [5.41, 5.74) is 2.90. The van der Waals surface area contributed by atoms with E-state index in [0.29, 0.717) is 28.8 Å². The first-order valence-corrected chi connectivity index (χ1v) is 9.04. The molecule has 0 aliphatic carbocycles. The van der Waals surface area contributed by atoms with Crippen LogP contribution in [0.3, 0.4) is 0 Å². The summed E-state index contributed by atoms with van der Waals surface area (Å²) in [6.07, 6.45) is 0. The Kier molecular flexibility index (Phi) is 6.29. The summed E-state index contributed by atoms with van der Waals surface area (Å²) < 4.78 is 5.69. The van der Waals surface area contributed by atoms with Crippen molar-refractivity contribution in [2.45, 2.75) is 13.5 Å². The lowest BCUT2D eigenvalue weighted by molar-refractivity contribution is -0.132. The van der Waals surface area contributed by atoms with Gasteiger partial charge >= 0.3 is 11.8 Å². The van der Waals surface area contributed by atoms with E-state index in [-0.39, 0.29) is 0 Å². The predicted octanol–water partition coefficient (Wildman–Crippen LogP) is 4.80. The fourth-order valence-electron chi connectivity index (χ4n) is 2.42. The zero-order valence-electron chi connectivity index (χ0n) is 15.2. The second kappa shape index (κ2) is 9.06. The molecule has 0 bridgehead atoms. The normalized spacial score (nSPS) is 10.2. The monoisotopic (exact) mass is 394 g/mol. The van der Waals surface area contributed by atoms with Gasteiger partial charge in [-0.05, 0) is 54.4 Å². The molecule has 3 aromatic carbocycles.